The summed E-state index contributed by atoms with van der Waals surface area (Å²) in [6.45, 7) is 0. The molecule has 0 radical (unpaired) electrons. The number of fused-ring (bicyclic) bond motifs is 3. The number of ether oxygens (including phenoxy) is 1. The van der Waals surface area contributed by atoms with Crippen LogP contribution < -0.4 is 10.1 Å². The van der Waals surface area contributed by atoms with Gasteiger partial charge in [0.2, 0.25) is 0 Å². The van der Waals surface area contributed by atoms with Gasteiger partial charge in [0.15, 0.2) is 0 Å². The highest BCUT2D eigenvalue weighted by atomic mass is 35.5. The van der Waals surface area contributed by atoms with Crippen LogP contribution >= 0.6 is 11.6 Å². The monoisotopic (exact) mass is 379 g/mol. The molecule has 1 heterocycles. The summed E-state index contributed by atoms with van der Waals surface area (Å²) in [6.07, 6.45) is 0.103. The van der Waals surface area contributed by atoms with E-state index in [1.807, 2.05) is 36.4 Å². The standard InChI is InChI=1S/C20H17ClF3NO/c1-26-16-8-3-2-5-13(16)18-12-7-4-6-11(12)17-14(20(22,23)24)9-10-15(21)19(17)25-18/h2-6,8-12,18,25H,7H2,1H3/t11-,12-,18-/m1/s1. The van der Waals surface area contributed by atoms with Crippen LogP contribution in [0.3, 0.4) is 0 Å². The quantitative estimate of drug-likeness (QED) is 0.628. The second kappa shape index (κ2) is 6.23. The predicted octanol–water partition coefficient (Wildman–Crippen LogP) is 6.19. The van der Waals surface area contributed by atoms with Crippen molar-refractivity contribution in [2.75, 3.05) is 12.4 Å². The highest BCUT2D eigenvalue weighted by Gasteiger charge is 2.45. The molecule has 0 amide bonds. The van der Waals surface area contributed by atoms with Crippen LogP contribution in [0, 0.1) is 5.92 Å². The van der Waals surface area contributed by atoms with Crippen molar-refractivity contribution in [2.24, 2.45) is 5.92 Å². The predicted molar refractivity (Wildman–Crippen MR) is 95.8 cm³/mol. The Morgan fingerprint density at radius 1 is 1.15 bits per heavy atom. The van der Waals surface area contributed by atoms with Gasteiger partial charge in [-0.05, 0) is 36.1 Å². The van der Waals surface area contributed by atoms with Gasteiger partial charge in [-0.25, -0.2) is 0 Å². The number of rotatable bonds is 2. The van der Waals surface area contributed by atoms with Crippen LogP contribution in [0.25, 0.3) is 0 Å². The Hall–Kier alpha value is -2.14. The maximum Gasteiger partial charge on any atom is 0.416 e. The molecule has 2 aliphatic rings. The molecule has 2 nitrogen and oxygen atoms in total. The number of hydrogen-bond donors (Lipinski definition) is 1. The van der Waals surface area contributed by atoms with Gasteiger partial charge in [0.25, 0.3) is 0 Å². The zero-order valence-electron chi connectivity index (χ0n) is 14.0. The van der Waals surface area contributed by atoms with Crippen molar-refractivity contribution >= 4 is 17.3 Å². The van der Waals surface area contributed by atoms with E-state index in [-0.39, 0.29) is 23.4 Å². The number of nitrogens with one attached hydrogen (secondary N) is 1. The van der Waals surface area contributed by atoms with Gasteiger partial charge in [-0.2, -0.15) is 13.2 Å². The van der Waals surface area contributed by atoms with Crippen molar-refractivity contribution in [1.82, 2.24) is 0 Å². The molecule has 2 aromatic rings. The first-order valence-corrected chi connectivity index (χ1v) is 8.75. The van der Waals surface area contributed by atoms with Crippen LogP contribution in [0.2, 0.25) is 5.02 Å². The van der Waals surface area contributed by atoms with Crippen LogP contribution in [-0.4, -0.2) is 7.11 Å². The number of benzene rings is 2. The Kier molecular flexibility index (Phi) is 4.14. The summed E-state index contributed by atoms with van der Waals surface area (Å²) >= 11 is 6.30. The minimum Gasteiger partial charge on any atom is -0.496 e. The summed E-state index contributed by atoms with van der Waals surface area (Å²) in [4.78, 5) is 0. The molecule has 26 heavy (non-hydrogen) atoms. The summed E-state index contributed by atoms with van der Waals surface area (Å²) in [5.74, 6) is 0.344. The molecule has 3 atom stereocenters. The lowest BCUT2D eigenvalue weighted by atomic mass is 9.75. The molecule has 4 rings (SSSR count). The van der Waals surface area contributed by atoms with E-state index in [2.05, 4.69) is 5.32 Å². The number of halogens is 4. The van der Waals surface area contributed by atoms with Gasteiger partial charge in [-0.3, -0.25) is 0 Å². The number of para-hydroxylation sites is 1. The number of allylic oxidation sites excluding steroid dienone is 2. The van der Waals surface area contributed by atoms with E-state index < -0.39 is 11.7 Å². The van der Waals surface area contributed by atoms with Gasteiger partial charge in [0.1, 0.15) is 5.75 Å². The average molecular weight is 380 g/mol. The number of hydrogen-bond acceptors (Lipinski definition) is 2. The third kappa shape index (κ3) is 2.65. The van der Waals surface area contributed by atoms with Crippen molar-refractivity contribution in [2.45, 2.75) is 24.6 Å². The minimum atomic E-state index is -4.42. The molecular weight excluding hydrogens is 363 g/mol. The fourth-order valence-corrected chi connectivity index (χ4v) is 4.37. The summed E-state index contributed by atoms with van der Waals surface area (Å²) in [5.41, 5.74) is 0.914. The van der Waals surface area contributed by atoms with Crippen molar-refractivity contribution in [3.05, 3.63) is 70.3 Å². The fraction of sp³-hybridized carbons (Fsp3) is 0.300. The van der Waals surface area contributed by atoms with E-state index in [0.29, 0.717) is 22.9 Å². The normalized spacial score (nSPS) is 24.0. The van der Waals surface area contributed by atoms with Crippen molar-refractivity contribution < 1.29 is 17.9 Å². The van der Waals surface area contributed by atoms with E-state index in [1.165, 1.54) is 6.07 Å². The summed E-state index contributed by atoms with van der Waals surface area (Å²) in [5, 5.41) is 3.59. The van der Waals surface area contributed by atoms with Crippen LogP contribution in [0.1, 0.15) is 35.1 Å². The molecule has 6 heteroatoms. The van der Waals surface area contributed by atoms with Crippen LogP contribution in [-0.2, 0) is 6.18 Å². The lowest BCUT2D eigenvalue weighted by Crippen LogP contribution is -2.31. The first-order valence-electron chi connectivity index (χ1n) is 8.37. The lowest BCUT2D eigenvalue weighted by molar-refractivity contribution is -0.138. The topological polar surface area (TPSA) is 21.3 Å². The first-order chi connectivity index (χ1) is 12.4. The van der Waals surface area contributed by atoms with E-state index in [0.717, 1.165) is 11.6 Å². The third-order valence-electron chi connectivity index (χ3n) is 5.25. The Morgan fingerprint density at radius 3 is 2.65 bits per heavy atom. The number of methoxy groups -OCH3 is 1. The van der Waals surface area contributed by atoms with Gasteiger partial charge in [-0.15, -0.1) is 0 Å². The molecule has 0 bridgehead atoms. The molecule has 0 unspecified atom stereocenters. The summed E-state index contributed by atoms with van der Waals surface area (Å²) in [6, 6.07) is 9.79. The second-order valence-electron chi connectivity index (χ2n) is 6.60. The molecule has 1 N–H and O–H groups in total. The molecule has 136 valence electrons. The fourth-order valence-electron chi connectivity index (χ4n) is 4.15. The van der Waals surface area contributed by atoms with Crippen LogP contribution in [0.15, 0.2) is 48.6 Å². The van der Waals surface area contributed by atoms with Crippen LogP contribution in [0.4, 0.5) is 18.9 Å². The molecule has 0 saturated heterocycles. The van der Waals surface area contributed by atoms with Crippen molar-refractivity contribution in [1.29, 1.82) is 0 Å². The summed E-state index contributed by atoms with van der Waals surface area (Å²) in [7, 11) is 1.59. The largest absolute Gasteiger partial charge is 0.496 e. The minimum absolute atomic E-state index is 0.0293. The van der Waals surface area contributed by atoms with Gasteiger partial charge < -0.3 is 10.1 Å². The lowest BCUT2D eigenvalue weighted by Gasteiger charge is -2.39. The Morgan fingerprint density at radius 2 is 1.92 bits per heavy atom. The van der Waals surface area contributed by atoms with E-state index >= 15 is 0 Å². The number of anilines is 1. The van der Waals surface area contributed by atoms with Crippen molar-refractivity contribution in [3.8, 4) is 5.75 Å². The average Bonchev–Trinajstić information content (AvgIpc) is 3.10. The molecule has 1 aliphatic carbocycles. The Balaban J connectivity index is 1.89. The first kappa shape index (κ1) is 17.3. The van der Waals surface area contributed by atoms with Gasteiger partial charge in [0, 0.05) is 11.5 Å². The van der Waals surface area contributed by atoms with Crippen LogP contribution in [0.5, 0.6) is 5.75 Å². The molecular formula is C20H17ClF3NO. The smallest absolute Gasteiger partial charge is 0.416 e. The van der Waals surface area contributed by atoms with Gasteiger partial charge in [0.05, 0.1) is 29.4 Å². The zero-order chi connectivity index (χ0) is 18.5. The second-order valence-corrected chi connectivity index (χ2v) is 7.01. The highest BCUT2D eigenvalue weighted by molar-refractivity contribution is 6.33. The number of alkyl halides is 3. The molecule has 0 saturated carbocycles. The molecule has 2 aromatic carbocycles. The zero-order valence-corrected chi connectivity index (χ0v) is 14.7. The maximum atomic E-state index is 13.6. The van der Waals surface area contributed by atoms with Gasteiger partial charge >= 0.3 is 6.18 Å². The Labute approximate surface area is 154 Å². The van der Waals surface area contributed by atoms with Gasteiger partial charge in [-0.1, -0.05) is 42.0 Å². The molecule has 1 aliphatic heterocycles. The van der Waals surface area contributed by atoms with Crippen molar-refractivity contribution in [3.63, 3.8) is 0 Å². The maximum absolute atomic E-state index is 13.6. The van der Waals surface area contributed by atoms with E-state index in [1.54, 1.807) is 7.11 Å². The van der Waals surface area contributed by atoms with E-state index in [4.69, 9.17) is 16.3 Å². The van der Waals surface area contributed by atoms with E-state index in [9.17, 15) is 13.2 Å². The molecule has 0 aromatic heterocycles. The molecule has 0 spiro atoms. The molecule has 0 fully saturated rings. The highest BCUT2D eigenvalue weighted by Crippen LogP contribution is 2.55. The third-order valence-corrected chi connectivity index (χ3v) is 5.56. The SMILES string of the molecule is COc1ccccc1[C@@H]1Nc2c(Cl)ccc(C(F)(F)F)c2[C@@H]2C=CC[C@H]21. The Bertz CT molecular complexity index is 878. The summed E-state index contributed by atoms with van der Waals surface area (Å²) < 4.78 is 46.2.